The number of aromatic nitrogens is 2. The predicted octanol–water partition coefficient (Wildman–Crippen LogP) is 3.05. The smallest absolute Gasteiger partial charge is 0.145 e. The molecule has 2 aromatic rings. The number of nitrogen functional groups attached to an aromatic ring is 1. The summed E-state index contributed by atoms with van der Waals surface area (Å²) in [5.74, 6) is 7.79. The molecule has 0 saturated heterocycles. The summed E-state index contributed by atoms with van der Waals surface area (Å²) >= 11 is 0. The molecule has 0 spiro atoms. The van der Waals surface area contributed by atoms with E-state index in [0.717, 1.165) is 36.6 Å². The van der Waals surface area contributed by atoms with Crippen LogP contribution in [0.5, 0.6) is 0 Å². The van der Waals surface area contributed by atoms with E-state index < -0.39 is 0 Å². The topological polar surface area (TPSA) is 67.1 Å². The highest BCUT2D eigenvalue weighted by atomic mass is 15.3. The van der Waals surface area contributed by atoms with Gasteiger partial charge in [0.2, 0.25) is 0 Å². The number of hydrogen-bond donors (Lipinski definition) is 2. The molecule has 0 atom stereocenters. The summed E-state index contributed by atoms with van der Waals surface area (Å²) in [5, 5.41) is 0. The molecule has 0 amide bonds. The minimum absolute atomic E-state index is 0.639. The van der Waals surface area contributed by atoms with E-state index in [1.807, 2.05) is 18.0 Å². The number of nitrogens with one attached hydrogen (secondary N) is 1. The van der Waals surface area contributed by atoms with Crippen molar-refractivity contribution in [3.63, 3.8) is 0 Å². The third-order valence-electron chi connectivity index (χ3n) is 3.46. The molecule has 21 heavy (non-hydrogen) atoms. The lowest BCUT2D eigenvalue weighted by atomic mass is 10.1. The average Bonchev–Trinajstić information content (AvgIpc) is 2.54. The van der Waals surface area contributed by atoms with Crippen LogP contribution >= 0.6 is 0 Å². The van der Waals surface area contributed by atoms with Crippen LogP contribution in [0.15, 0.2) is 30.3 Å². The Morgan fingerprint density at radius 3 is 2.43 bits per heavy atom. The second kappa shape index (κ2) is 7.04. The fourth-order valence-corrected chi connectivity index (χ4v) is 2.15. The standard InChI is InChI=1S/C16H23N5/c1-4-6-14-18-15(20-17)11-16(19-14)21(3)13-9-7-12(5-2)8-10-13/h7-11H,4-6,17H2,1-3H3,(H,18,19,20). The Bertz CT molecular complexity index is 580. The molecular formula is C16H23N5. The summed E-state index contributed by atoms with van der Waals surface area (Å²) in [6.07, 6.45) is 2.88. The van der Waals surface area contributed by atoms with Crippen LogP contribution in [0.1, 0.15) is 31.7 Å². The Labute approximate surface area is 126 Å². The van der Waals surface area contributed by atoms with Crippen LogP contribution in [0.25, 0.3) is 0 Å². The highest BCUT2D eigenvalue weighted by molar-refractivity contribution is 5.62. The summed E-state index contributed by atoms with van der Waals surface area (Å²) in [6.45, 7) is 4.26. The van der Waals surface area contributed by atoms with Gasteiger partial charge in [0.05, 0.1) is 0 Å². The molecule has 2 rings (SSSR count). The summed E-state index contributed by atoms with van der Waals surface area (Å²) in [5.41, 5.74) is 5.03. The van der Waals surface area contributed by atoms with Crippen molar-refractivity contribution in [3.05, 3.63) is 41.7 Å². The maximum absolute atomic E-state index is 5.50. The van der Waals surface area contributed by atoms with Crippen molar-refractivity contribution in [2.75, 3.05) is 17.4 Å². The van der Waals surface area contributed by atoms with Crippen molar-refractivity contribution in [2.45, 2.75) is 33.1 Å². The summed E-state index contributed by atoms with van der Waals surface area (Å²) in [4.78, 5) is 11.0. The van der Waals surface area contributed by atoms with Crippen molar-refractivity contribution in [2.24, 2.45) is 5.84 Å². The van der Waals surface area contributed by atoms with Crippen molar-refractivity contribution in [1.82, 2.24) is 9.97 Å². The first kappa shape index (κ1) is 15.3. The fourth-order valence-electron chi connectivity index (χ4n) is 2.15. The summed E-state index contributed by atoms with van der Waals surface area (Å²) < 4.78 is 0. The zero-order valence-electron chi connectivity index (χ0n) is 12.9. The third-order valence-corrected chi connectivity index (χ3v) is 3.46. The maximum atomic E-state index is 5.50. The molecule has 0 aliphatic carbocycles. The Morgan fingerprint density at radius 1 is 1.14 bits per heavy atom. The number of aryl methyl sites for hydroxylation is 2. The molecule has 1 aromatic carbocycles. The number of benzene rings is 1. The molecule has 112 valence electrons. The van der Waals surface area contributed by atoms with Crippen LogP contribution in [0, 0.1) is 0 Å². The predicted molar refractivity (Wildman–Crippen MR) is 87.7 cm³/mol. The number of hydrogen-bond acceptors (Lipinski definition) is 5. The van der Waals surface area contributed by atoms with Gasteiger partial charge in [0.15, 0.2) is 0 Å². The zero-order valence-corrected chi connectivity index (χ0v) is 12.9. The van der Waals surface area contributed by atoms with Crippen LogP contribution in [-0.4, -0.2) is 17.0 Å². The fraction of sp³-hybridized carbons (Fsp3) is 0.375. The van der Waals surface area contributed by atoms with Gasteiger partial charge >= 0.3 is 0 Å². The summed E-state index contributed by atoms with van der Waals surface area (Å²) in [6, 6.07) is 10.4. The van der Waals surface area contributed by atoms with Crippen LogP contribution < -0.4 is 16.2 Å². The molecule has 0 aliphatic rings. The van der Waals surface area contributed by atoms with E-state index in [0.29, 0.717) is 5.82 Å². The van der Waals surface area contributed by atoms with Crippen LogP contribution in [0.3, 0.4) is 0 Å². The van der Waals surface area contributed by atoms with Gasteiger partial charge in [-0.15, -0.1) is 0 Å². The third kappa shape index (κ3) is 3.70. The van der Waals surface area contributed by atoms with Gasteiger partial charge in [-0.2, -0.15) is 0 Å². The molecule has 0 radical (unpaired) electrons. The molecule has 0 fully saturated rings. The second-order valence-electron chi connectivity index (χ2n) is 5.00. The Hall–Kier alpha value is -2.14. The van der Waals surface area contributed by atoms with E-state index in [-0.39, 0.29) is 0 Å². The normalized spacial score (nSPS) is 10.5. The highest BCUT2D eigenvalue weighted by Crippen LogP contribution is 2.24. The van der Waals surface area contributed by atoms with Gasteiger partial charge in [0, 0.05) is 25.2 Å². The number of nitrogens with zero attached hydrogens (tertiary/aromatic N) is 3. The molecule has 0 bridgehead atoms. The highest BCUT2D eigenvalue weighted by Gasteiger charge is 2.09. The van der Waals surface area contributed by atoms with Gasteiger partial charge in [-0.25, -0.2) is 15.8 Å². The average molecular weight is 285 g/mol. The largest absolute Gasteiger partial charge is 0.329 e. The molecule has 5 nitrogen and oxygen atoms in total. The minimum Gasteiger partial charge on any atom is -0.329 e. The summed E-state index contributed by atoms with van der Waals surface area (Å²) in [7, 11) is 2.00. The van der Waals surface area contributed by atoms with Crippen LogP contribution in [0.4, 0.5) is 17.3 Å². The molecule has 1 heterocycles. The van der Waals surface area contributed by atoms with Crippen molar-refractivity contribution in [1.29, 1.82) is 0 Å². The lowest BCUT2D eigenvalue weighted by Crippen LogP contribution is -2.16. The molecule has 1 aromatic heterocycles. The van der Waals surface area contributed by atoms with Crippen LogP contribution in [0.2, 0.25) is 0 Å². The molecule has 3 N–H and O–H groups in total. The molecular weight excluding hydrogens is 262 g/mol. The van der Waals surface area contributed by atoms with Crippen molar-refractivity contribution >= 4 is 17.3 Å². The van der Waals surface area contributed by atoms with Crippen LogP contribution in [-0.2, 0) is 12.8 Å². The lowest BCUT2D eigenvalue weighted by molar-refractivity contribution is 0.831. The van der Waals surface area contributed by atoms with Gasteiger partial charge in [-0.05, 0) is 30.5 Å². The molecule has 5 heteroatoms. The number of nitrogens with two attached hydrogens (primary N) is 1. The first-order valence-corrected chi connectivity index (χ1v) is 7.35. The quantitative estimate of drug-likeness (QED) is 0.631. The number of hydrazine groups is 1. The monoisotopic (exact) mass is 285 g/mol. The van der Waals surface area contributed by atoms with Gasteiger partial charge in [0.25, 0.3) is 0 Å². The van der Waals surface area contributed by atoms with E-state index in [2.05, 4.69) is 53.5 Å². The van der Waals surface area contributed by atoms with E-state index in [4.69, 9.17) is 5.84 Å². The van der Waals surface area contributed by atoms with E-state index in [1.165, 1.54) is 5.56 Å². The molecule has 0 saturated carbocycles. The lowest BCUT2D eigenvalue weighted by Gasteiger charge is -2.20. The van der Waals surface area contributed by atoms with Gasteiger partial charge < -0.3 is 10.3 Å². The van der Waals surface area contributed by atoms with E-state index in [1.54, 1.807) is 0 Å². The van der Waals surface area contributed by atoms with E-state index >= 15 is 0 Å². The Kier molecular flexibility index (Phi) is 5.11. The first-order chi connectivity index (χ1) is 10.2. The van der Waals surface area contributed by atoms with Gasteiger partial charge in [-0.1, -0.05) is 26.0 Å². The van der Waals surface area contributed by atoms with Crippen molar-refractivity contribution in [3.8, 4) is 0 Å². The maximum Gasteiger partial charge on any atom is 0.145 e. The number of rotatable bonds is 6. The zero-order chi connectivity index (χ0) is 15.2. The number of anilines is 3. The SMILES string of the molecule is CCCc1nc(NN)cc(N(C)c2ccc(CC)cc2)n1. The van der Waals surface area contributed by atoms with Gasteiger partial charge in [-0.3, -0.25) is 0 Å². The molecule has 0 aliphatic heterocycles. The van der Waals surface area contributed by atoms with Crippen molar-refractivity contribution < 1.29 is 0 Å². The van der Waals surface area contributed by atoms with E-state index in [9.17, 15) is 0 Å². The Morgan fingerprint density at radius 2 is 1.86 bits per heavy atom. The van der Waals surface area contributed by atoms with Gasteiger partial charge in [0.1, 0.15) is 17.5 Å². The molecule has 0 unspecified atom stereocenters. The first-order valence-electron chi connectivity index (χ1n) is 7.35. The second-order valence-corrected chi connectivity index (χ2v) is 5.00. The Balaban J connectivity index is 2.31. The minimum atomic E-state index is 0.639.